The third-order valence-corrected chi connectivity index (χ3v) is 3.96. The van der Waals surface area contributed by atoms with Gasteiger partial charge in [0.1, 0.15) is 0 Å². The van der Waals surface area contributed by atoms with E-state index in [0.29, 0.717) is 6.04 Å². The smallest absolute Gasteiger partial charge is 0.00103 e. The quantitative estimate of drug-likeness (QED) is 0.703. The molecule has 0 aliphatic heterocycles. The highest BCUT2D eigenvalue weighted by molar-refractivity contribution is 4.98. The van der Waals surface area contributed by atoms with Crippen LogP contribution in [-0.2, 0) is 0 Å². The van der Waals surface area contributed by atoms with E-state index < -0.39 is 0 Å². The number of hydrogen-bond donors (Lipinski definition) is 1. The van der Waals surface area contributed by atoms with Gasteiger partial charge >= 0.3 is 0 Å². The van der Waals surface area contributed by atoms with Crippen LogP contribution in [0.4, 0.5) is 0 Å². The third kappa shape index (κ3) is 2.07. The minimum Gasteiger partial charge on any atom is -0.315 e. The van der Waals surface area contributed by atoms with Crippen molar-refractivity contribution >= 4 is 0 Å². The van der Waals surface area contributed by atoms with E-state index in [9.17, 15) is 0 Å². The Hall–Kier alpha value is -0.0400. The number of nitrogens with one attached hydrogen (secondary N) is 1. The maximum absolute atomic E-state index is 3.51. The van der Waals surface area contributed by atoms with Crippen LogP contribution in [0.1, 0.15) is 52.4 Å². The summed E-state index contributed by atoms with van der Waals surface area (Å²) in [5.41, 5.74) is 0.877. The van der Waals surface area contributed by atoms with Crippen molar-refractivity contribution in [1.82, 2.24) is 5.32 Å². The predicted octanol–water partition coefficient (Wildman–Crippen LogP) is 2.95. The Labute approximate surface area is 82.3 Å². The highest BCUT2D eigenvalue weighted by atomic mass is 14.9. The van der Waals surface area contributed by atoms with E-state index in [1.807, 2.05) is 0 Å². The summed E-state index contributed by atoms with van der Waals surface area (Å²) in [6.45, 7) is 5.70. The first-order valence-corrected chi connectivity index (χ1v) is 5.94. The summed E-state index contributed by atoms with van der Waals surface area (Å²) in [7, 11) is 0. The topological polar surface area (TPSA) is 12.0 Å². The fraction of sp³-hybridized carbons (Fsp3) is 1.00. The molecular formula is C12H23N. The Kier molecular flexibility index (Phi) is 2.64. The molecule has 2 aliphatic carbocycles. The average Bonchev–Trinajstić information content (AvgIpc) is 1.89. The maximum atomic E-state index is 3.51. The van der Waals surface area contributed by atoms with Crippen molar-refractivity contribution in [3.63, 3.8) is 0 Å². The van der Waals surface area contributed by atoms with Crippen molar-refractivity contribution in [3.8, 4) is 0 Å². The van der Waals surface area contributed by atoms with Crippen LogP contribution < -0.4 is 5.32 Å². The molecule has 1 N–H and O–H groups in total. The highest BCUT2D eigenvalue weighted by Gasteiger charge is 2.47. The van der Waals surface area contributed by atoms with Gasteiger partial charge in [0.15, 0.2) is 0 Å². The van der Waals surface area contributed by atoms with Gasteiger partial charge in [-0.25, -0.2) is 0 Å². The molecule has 0 aromatic heterocycles. The zero-order valence-electron chi connectivity index (χ0n) is 9.10. The molecule has 0 aromatic rings. The molecule has 76 valence electrons. The lowest BCUT2D eigenvalue weighted by atomic mass is 9.51. The maximum Gasteiger partial charge on any atom is 0.00103 e. The molecule has 0 heterocycles. The number of hydrogen-bond acceptors (Lipinski definition) is 1. The lowest BCUT2D eigenvalue weighted by molar-refractivity contribution is -0.0274. The van der Waals surface area contributed by atoms with E-state index >= 15 is 0 Å². The summed E-state index contributed by atoms with van der Waals surface area (Å²) in [5.74, 6) is 1.06. The van der Waals surface area contributed by atoms with Crippen molar-refractivity contribution in [2.45, 2.75) is 58.4 Å². The molecule has 0 atom stereocenters. The zero-order valence-corrected chi connectivity index (χ0v) is 9.10. The van der Waals surface area contributed by atoms with Crippen molar-refractivity contribution in [1.29, 1.82) is 0 Å². The molecule has 0 unspecified atom stereocenters. The van der Waals surface area contributed by atoms with Gasteiger partial charge in [-0.2, -0.15) is 0 Å². The molecule has 0 bridgehead atoms. The Balaban J connectivity index is 1.54. The van der Waals surface area contributed by atoms with Crippen LogP contribution in [-0.4, -0.2) is 12.6 Å². The van der Waals surface area contributed by atoms with Crippen LogP contribution in [0.3, 0.4) is 0 Å². The van der Waals surface area contributed by atoms with Gasteiger partial charge in [-0.15, -0.1) is 0 Å². The fourth-order valence-electron chi connectivity index (χ4n) is 3.03. The second-order valence-corrected chi connectivity index (χ2v) is 5.53. The monoisotopic (exact) mass is 181 g/mol. The molecule has 2 fully saturated rings. The summed E-state index contributed by atoms with van der Waals surface area (Å²) in [6, 6.07) is 0.665. The second kappa shape index (κ2) is 3.61. The summed E-state index contributed by atoms with van der Waals surface area (Å²) in [4.78, 5) is 0. The van der Waals surface area contributed by atoms with Gasteiger partial charge in [0.25, 0.3) is 0 Å². The van der Waals surface area contributed by atoms with Crippen LogP contribution in [0, 0.1) is 11.3 Å². The fourth-order valence-corrected chi connectivity index (χ4v) is 3.03. The Morgan fingerprint density at radius 1 is 1.31 bits per heavy atom. The SMILES string of the molecule is CC(C)NCCC1CC2(CCC2)C1. The van der Waals surface area contributed by atoms with Gasteiger partial charge in [0, 0.05) is 6.04 Å². The van der Waals surface area contributed by atoms with Crippen LogP contribution in [0.15, 0.2) is 0 Å². The third-order valence-electron chi connectivity index (χ3n) is 3.96. The standard InChI is InChI=1S/C12H23N/c1-10(2)13-7-4-11-8-12(9-11)5-3-6-12/h10-11,13H,3-9H2,1-2H3. The molecule has 0 saturated heterocycles. The minimum atomic E-state index is 0.665. The van der Waals surface area contributed by atoms with Crippen LogP contribution >= 0.6 is 0 Å². The van der Waals surface area contributed by atoms with Crippen LogP contribution in [0.25, 0.3) is 0 Å². The van der Waals surface area contributed by atoms with Crippen LogP contribution in [0.2, 0.25) is 0 Å². The molecule has 13 heavy (non-hydrogen) atoms. The highest BCUT2D eigenvalue weighted by Crippen LogP contribution is 2.59. The first-order chi connectivity index (χ1) is 6.20. The molecule has 0 radical (unpaired) electrons. The van der Waals surface area contributed by atoms with Crippen molar-refractivity contribution in [3.05, 3.63) is 0 Å². The Morgan fingerprint density at radius 3 is 2.46 bits per heavy atom. The van der Waals surface area contributed by atoms with E-state index in [1.54, 1.807) is 25.7 Å². The summed E-state index contributed by atoms with van der Waals surface area (Å²) in [5, 5.41) is 3.51. The molecule has 1 spiro atoms. The Morgan fingerprint density at radius 2 is 2.00 bits per heavy atom. The molecule has 1 nitrogen and oxygen atoms in total. The molecule has 0 amide bonds. The Bertz CT molecular complexity index is 162. The normalized spacial score (nSPS) is 26.1. The number of rotatable bonds is 4. The molecular weight excluding hydrogens is 158 g/mol. The largest absolute Gasteiger partial charge is 0.315 e. The molecule has 1 heteroatoms. The van der Waals surface area contributed by atoms with Crippen LogP contribution in [0.5, 0.6) is 0 Å². The molecule has 2 saturated carbocycles. The van der Waals surface area contributed by atoms with Gasteiger partial charge in [0.2, 0.25) is 0 Å². The van der Waals surface area contributed by atoms with E-state index in [4.69, 9.17) is 0 Å². The van der Waals surface area contributed by atoms with Gasteiger partial charge in [-0.1, -0.05) is 20.3 Å². The second-order valence-electron chi connectivity index (χ2n) is 5.53. The summed E-state index contributed by atoms with van der Waals surface area (Å²) < 4.78 is 0. The van der Waals surface area contributed by atoms with Gasteiger partial charge < -0.3 is 5.32 Å². The van der Waals surface area contributed by atoms with E-state index in [2.05, 4.69) is 19.2 Å². The lowest BCUT2D eigenvalue weighted by Gasteiger charge is -2.54. The summed E-state index contributed by atoms with van der Waals surface area (Å²) >= 11 is 0. The van der Waals surface area contributed by atoms with Gasteiger partial charge in [0.05, 0.1) is 0 Å². The predicted molar refractivity (Wildman–Crippen MR) is 56.8 cm³/mol. The molecule has 2 rings (SSSR count). The lowest BCUT2D eigenvalue weighted by Crippen LogP contribution is -2.43. The van der Waals surface area contributed by atoms with Crippen molar-refractivity contribution in [2.75, 3.05) is 6.54 Å². The van der Waals surface area contributed by atoms with Crippen molar-refractivity contribution < 1.29 is 0 Å². The first-order valence-electron chi connectivity index (χ1n) is 5.94. The van der Waals surface area contributed by atoms with Crippen molar-refractivity contribution in [2.24, 2.45) is 11.3 Å². The molecule has 2 aliphatic rings. The van der Waals surface area contributed by atoms with E-state index in [1.165, 1.54) is 19.4 Å². The summed E-state index contributed by atoms with van der Waals surface area (Å²) in [6.07, 6.45) is 9.11. The van der Waals surface area contributed by atoms with E-state index in [0.717, 1.165) is 11.3 Å². The van der Waals surface area contributed by atoms with Gasteiger partial charge in [-0.3, -0.25) is 0 Å². The van der Waals surface area contributed by atoms with E-state index in [-0.39, 0.29) is 0 Å². The minimum absolute atomic E-state index is 0.665. The first kappa shape index (κ1) is 9.51. The molecule has 0 aromatic carbocycles. The average molecular weight is 181 g/mol. The zero-order chi connectivity index (χ0) is 9.31. The van der Waals surface area contributed by atoms with Gasteiger partial charge in [-0.05, 0) is 50.0 Å².